The zero-order chi connectivity index (χ0) is 24.7. The lowest BCUT2D eigenvalue weighted by Crippen LogP contribution is -2.63. The molecule has 1 N–H and O–H groups in total. The number of carbonyl (C=O) groups is 3. The molecule has 2 aliphatic rings. The molecule has 0 aromatic heterocycles. The van der Waals surface area contributed by atoms with Crippen molar-refractivity contribution in [1.82, 2.24) is 20.0 Å². The Labute approximate surface area is 201 Å². The molecule has 0 saturated carbocycles. The zero-order valence-electron chi connectivity index (χ0n) is 22.1. The van der Waals surface area contributed by atoms with Gasteiger partial charge in [-0.25, -0.2) is 0 Å². The highest BCUT2D eigenvalue weighted by Crippen LogP contribution is 2.25. The SMILES string of the molecule is CC(C)CCN(C)C(=O)CC1CCN(C(=O)[C@H](C(C)C)N2CCN[C@@H](CC(C)C)C2=O)CC1. The molecule has 0 unspecified atom stereocenters. The Balaban J connectivity index is 1.93. The second kappa shape index (κ2) is 12.7. The molecular weight excluding hydrogens is 416 g/mol. The third-order valence-corrected chi connectivity index (χ3v) is 7.11. The van der Waals surface area contributed by atoms with Crippen molar-refractivity contribution < 1.29 is 14.4 Å². The fourth-order valence-electron chi connectivity index (χ4n) is 4.99. The summed E-state index contributed by atoms with van der Waals surface area (Å²) in [5.41, 5.74) is 0. The summed E-state index contributed by atoms with van der Waals surface area (Å²) in [6, 6.07) is -0.605. The smallest absolute Gasteiger partial charge is 0.245 e. The number of rotatable bonds is 10. The van der Waals surface area contributed by atoms with E-state index in [0.717, 1.165) is 38.8 Å². The predicted octanol–water partition coefficient (Wildman–Crippen LogP) is 2.99. The number of nitrogens with zero attached hydrogens (tertiary/aromatic N) is 3. The van der Waals surface area contributed by atoms with Gasteiger partial charge >= 0.3 is 0 Å². The summed E-state index contributed by atoms with van der Waals surface area (Å²) in [6.07, 6.45) is 4.09. The van der Waals surface area contributed by atoms with Gasteiger partial charge in [0.05, 0.1) is 6.04 Å². The summed E-state index contributed by atoms with van der Waals surface area (Å²) in [4.78, 5) is 44.9. The van der Waals surface area contributed by atoms with Crippen molar-refractivity contribution in [1.29, 1.82) is 0 Å². The second-order valence-corrected chi connectivity index (χ2v) is 11.3. The Morgan fingerprint density at radius 3 is 2.21 bits per heavy atom. The van der Waals surface area contributed by atoms with Crippen LogP contribution in [-0.4, -0.2) is 84.3 Å². The molecule has 7 nitrogen and oxygen atoms in total. The monoisotopic (exact) mass is 464 g/mol. The molecule has 2 heterocycles. The number of likely N-dealkylation sites (tertiary alicyclic amines) is 1. The molecule has 2 saturated heterocycles. The van der Waals surface area contributed by atoms with Crippen molar-refractivity contribution in [2.75, 3.05) is 39.8 Å². The van der Waals surface area contributed by atoms with Crippen LogP contribution in [0, 0.1) is 23.7 Å². The maximum atomic E-state index is 13.5. The van der Waals surface area contributed by atoms with Crippen LogP contribution in [0.3, 0.4) is 0 Å². The fraction of sp³-hybridized carbons (Fsp3) is 0.885. The topological polar surface area (TPSA) is 73.0 Å². The van der Waals surface area contributed by atoms with Gasteiger partial charge in [-0.3, -0.25) is 14.4 Å². The van der Waals surface area contributed by atoms with Crippen molar-refractivity contribution in [3.8, 4) is 0 Å². The van der Waals surface area contributed by atoms with Crippen LogP contribution in [0.5, 0.6) is 0 Å². The van der Waals surface area contributed by atoms with Crippen LogP contribution < -0.4 is 5.32 Å². The van der Waals surface area contributed by atoms with Crippen LogP contribution in [0.2, 0.25) is 0 Å². The molecule has 0 aromatic carbocycles. The normalized spacial score (nSPS) is 21.3. The number of amides is 3. The van der Waals surface area contributed by atoms with Crippen molar-refractivity contribution in [3.63, 3.8) is 0 Å². The van der Waals surface area contributed by atoms with E-state index < -0.39 is 6.04 Å². The van der Waals surface area contributed by atoms with E-state index in [1.807, 2.05) is 35.6 Å². The molecule has 2 atom stereocenters. The highest BCUT2D eigenvalue weighted by molar-refractivity contribution is 5.90. The lowest BCUT2D eigenvalue weighted by atomic mass is 9.91. The molecule has 2 fully saturated rings. The number of hydrogen-bond acceptors (Lipinski definition) is 4. The average Bonchev–Trinajstić information content (AvgIpc) is 2.74. The van der Waals surface area contributed by atoms with Gasteiger partial charge in [-0.1, -0.05) is 41.5 Å². The van der Waals surface area contributed by atoms with Crippen molar-refractivity contribution in [3.05, 3.63) is 0 Å². The molecule has 33 heavy (non-hydrogen) atoms. The molecule has 190 valence electrons. The van der Waals surface area contributed by atoms with Gasteiger partial charge in [-0.15, -0.1) is 0 Å². The average molecular weight is 465 g/mol. The number of piperazine rings is 1. The van der Waals surface area contributed by atoms with Gasteiger partial charge < -0.3 is 20.0 Å². The van der Waals surface area contributed by atoms with Gasteiger partial charge in [0.1, 0.15) is 6.04 Å². The summed E-state index contributed by atoms with van der Waals surface area (Å²) in [5, 5.41) is 3.34. The summed E-state index contributed by atoms with van der Waals surface area (Å²) in [7, 11) is 1.90. The minimum atomic E-state index is -0.408. The number of piperidine rings is 1. The van der Waals surface area contributed by atoms with Crippen LogP contribution in [-0.2, 0) is 14.4 Å². The Hall–Kier alpha value is -1.63. The van der Waals surface area contributed by atoms with E-state index >= 15 is 0 Å². The number of nitrogens with one attached hydrogen (secondary N) is 1. The van der Waals surface area contributed by atoms with Crippen LogP contribution in [0.15, 0.2) is 0 Å². The second-order valence-electron chi connectivity index (χ2n) is 11.3. The maximum Gasteiger partial charge on any atom is 0.245 e. The first-order chi connectivity index (χ1) is 15.5. The van der Waals surface area contributed by atoms with Crippen LogP contribution in [0.4, 0.5) is 0 Å². The molecule has 3 amide bonds. The highest BCUT2D eigenvalue weighted by Gasteiger charge is 2.40. The first kappa shape index (κ1) is 27.6. The van der Waals surface area contributed by atoms with Gasteiger partial charge in [0.2, 0.25) is 17.7 Å². The molecule has 0 radical (unpaired) electrons. The molecule has 2 aliphatic heterocycles. The van der Waals surface area contributed by atoms with E-state index in [1.165, 1.54) is 0 Å². The summed E-state index contributed by atoms with van der Waals surface area (Å²) in [6.45, 7) is 16.1. The van der Waals surface area contributed by atoms with Crippen molar-refractivity contribution in [2.24, 2.45) is 23.7 Å². The quantitative estimate of drug-likeness (QED) is 0.539. The van der Waals surface area contributed by atoms with Crippen LogP contribution >= 0.6 is 0 Å². The fourth-order valence-corrected chi connectivity index (χ4v) is 4.99. The predicted molar refractivity (Wildman–Crippen MR) is 133 cm³/mol. The summed E-state index contributed by atoms with van der Waals surface area (Å²) < 4.78 is 0. The van der Waals surface area contributed by atoms with Crippen LogP contribution in [0.25, 0.3) is 0 Å². The zero-order valence-corrected chi connectivity index (χ0v) is 22.1. The Bertz CT molecular complexity index is 656. The number of carbonyl (C=O) groups excluding carboxylic acids is 3. The largest absolute Gasteiger partial charge is 0.346 e. The standard InChI is InChI=1S/C26H48N4O3/c1-18(2)8-12-28(7)23(31)17-21-9-13-29(14-10-21)26(33)24(20(5)6)30-15-11-27-22(25(30)32)16-19(3)4/h18-22,24,27H,8-17H2,1-7H3/t22-,24-/m0/s1. The van der Waals surface area contributed by atoms with Gasteiger partial charge in [-0.2, -0.15) is 0 Å². The highest BCUT2D eigenvalue weighted by atomic mass is 16.2. The lowest BCUT2D eigenvalue weighted by Gasteiger charge is -2.43. The first-order valence-corrected chi connectivity index (χ1v) is 13.1. The molecule has 0 aromatic rings. The lowest BCUT2D eigenvalue weighted by molar-refractivity contribution is -0.151. The van der Waals surface area contributed by atoms with Crippen molar-refractivity contribution >= 4 is 17.7 Å². The summed E-state index contributed by atoms with van der Waals surface area (Å²) in [5.74, 6) is 1.75. The third-order valence-electron chi connectivity index (χ3n) is 7.11. The Morgan fingerprint density at radius 2 is 1.67 bits per heavy atom. The van der Waals surface area contributed by atoms with Gasteiger partial charge in [0.15, 0.2) is 0 Å². The van der Waals surface area contributed by atoms with E-state index in [9.17, 15) is 14.4 Å². The Kier molecular flexibility index (Phi) is 10.6. The van der Waals surface area contributed by atoms with Crippen LogP contribution in [0.1, 0.15) is 73.6 Å². The van der Waals surface area contributed by atoms with E-state index in [1.54, 1.807) is 0 Å². The minimum Gasteiger partial charge on any atom is -0.346 e. The van der Waals surface area contributed by atoms with E-state index in [2.05, 4.69) is 33.0 Å². The minimum absolute atomic E-state index is 0.0620. The first-order valence-electron chi connectivity index (χ1n) is 13.1. The molecule has 0 aliphatic carbocycles. The van der Waals surface area contributed by atoms with Gasteiger partial charge in [0, 0.05) is 46.2 Å². The van der Waals surface area contributed by atoms with Crippen molar-refractivity contribution in [2.45, 2.75) is 85.7 Å². The molecular formula is C26H48N4O3. The Morgan fingerprint density at radius 1 is 1.03 bits per heavy atom. The molecule has 2 rings (SSSR count). The van der Waals surface area contributed by atoms with Gasteiger partial charge in [0.25, 0.3) is 0 Å². The molecule has 7 heteroatoms. The maximum absolute atomic E-state index is 13.5. The van der Waals surface area contributed by atoms with E-state index in [4.69, 9.17) is 0 Å². The third kappa shape index (κ3) is 7.97. The molecule has 0 spiro atoms. The molecule has 0 bridgehead atoms. The number of hydrogen-bond donors (Lipinski definition) is 1. The summed E-state index contributed by atoms with van der Waals surface area (Å²) >= 11 is 0. The van der Waals surface area contributed by atoms with Gasteiger partial charge in [-0.05, 0) is 49.4 Å². The van der Waals surface area contributed by atoms with E-state index in [0.29, 0.717) is 43.8 Å². The van der Waals surface area contributed by atoms with E-state index in [-0.39, 0.29) is 29.7 Å².